The van der Waals surface area contributed by atoms with Gasteiger partial charge in [0.1, 0.15) is 0 Å². The summed E-state index contributed by atoms with van der Waals surface area (Å²) in [5.41, 5.74) is 0.538. The summed E-state index contributed by atoms with van der Waals surface area (Å²) in [7, 11) is 1.83. The monoisotopic (exact) mass is 460 g/mol. The van der Waals surface area contributed by atoms with Crippen molar-refractivity contribution in [2.45, 2.75) is 58.4 Å². The highest BCUT2D eigenvalue weighted by Gasteiger charge is 2.31. The van der Waals surface area contributed by atoms with Crippen molar-refractivity contribution in [1.29, 1.82) is 0 Å². The molecule has 0 radical (unpaired) electrons. The molecule has 0 aliphatic heterocycles. The zero-order valence-electron chi connectivity index (χ0n) is 15.6. The average molecular weight is 460 g/mol. The van der Waals surface area contributed by atoms with E-state index >= 15 is 0 Å². The summed E-state index contributed by atoms with van der Waals surface area (Å²) in [5.74, 6) is 0.895. The van der Waals surface area contributed by atoms with Crippen molar-refractivity contribution in [2.75, 3.05) is 20.1 Å². The average Bonchev–Trinajstić information content (AvgIpc) is 3.08. The molecule has 0 saturated heterocycles. The Labute approximate surface area is 168 Å². The molecule has 0 aromatic carbocycles. The molecule has 1 aliphatic carbocycles. The maximum atomic E-state index is 11.6. The minimum absolute atomic E-state index is 0. The minimum atomic E-state index is 0. The van der Waals surface area contributed by atoms with E-state index in [0.717, 1.165) is 38.4 Å². The van der Waals surface area contributed by atoms with Crippen LogP contribution in [0, 0.1) is 5.41 Å². The molecule has 6 heteroatoms. The first-order chi connectivity index (χ1) is 11.7. The van der Waals surface area contributed by atoms with E-state index in [9.17, 15) is 4.79 Å². The van der Waals surface area contributed by atoms with E-state index in [1.54, 1.807) is 16.7 Å². The number of halogens is 1. The second kappa shape index (κ2) is 11.5. The third-order valence-electron chi connectivity index (χ3n) is 5.29. The standard InChI is InChI=1S/C19H32N4O.HI/c1-3-19(11-5-6-12-19)16-22-18(20-2)21-13-7-9-15-23-14-8-4-10-17(23)24;/h4,8,10,14H,3,5-7,9,11-13,15-16H2,1-2H3,(H2,20,21,22);1H. The van der Waals surface area contributed by atoms with Crippen molar-refractivity contribution >= 4 is 29.9 Å². The number of aryl methyl sites for hydroxylation is 1. The maximum Gasteiger partial charge on any atom is 0.250 e. The molecule has 0 amide bonds. The molecule has 0 bridgehead atoms. The fraction of sp³-hybridized carbons (Fsp3) is 0.684. The van der Waals surface area contributed by atoms with Crippen LogP contribution >= 0.6 is 24.0 Å². The van der Waals surface area contributed by atoms with Crippen LogP contribution in [0.2, 0.25) is 0 Å². The van der Waals surface area contributed by atoms with E-state index < -0.39 is 0 Å². The molecule has 5 nitrogen and oxygen atoms in total. The van der Waals surface area contributed by atoms with Crippen LogP contribution < -0.4 is 16.2 Å². The third-order valence-corrected chi connectivity index (χ3v) is 5.29. The Kier molecular flexibility index (Phi) is 10.2. The van der Waals surface area contributed by atoms with Crippen molar-refractivity contribution in [1.82, 2.24) is 15.2 Å². The maximum absolute atomic E-state index is 11.6. The van der Waals surface area contributed by atoms with Crippen LogP contribution in [0.25, 0.3) is 0 Å². The zero-order chi connectivity index (χ0) is 17.3. The SMILES string of the molecule is CCC1(CNC(=NC)NCCCCn2ccccc2=O)CCCC1.I. The number of guanidine groups is 1. The summed E-state index contributed by atoms with van der Waals surface area (Å²) < 4.78 is 1.76. The van der Waals surface area contributed by atoms with Gasteiger partial charge < -0.3 is 15.2 Å². The predicted octanol–water partition coefficient (Wildman–Crippen LogP) is 3.38. The molecule has 25 heavy (non-hydrogen) atoms. The Bertz CT molecular complexity index is 579. The van der Waals surface area contributed by atoms with E-state index in [0.29, 0.717) is 5.41 Å². The molecule has 0 atom stereocenters. The largest absolute Gasteiger partial charge is 0.356 e. The molecule has 1 aromatic heterocycles. The lowest BCUT2D eigenvalue weighted by Gasteiger charge is -2.28. The number of aromatic nitrogens is 1. The number of unbranched alkanes of at least 4 members (excludes halogenated alkanes) is 1. The molecule has 2 N–H and O–H groups in total. The molecule has 1 heterocycles. The van der Waals surface area contributed by atoms with Crippen LogP contribution in [-0.4, -0.2) is 30.7 Å². The van der Waals surface area contributed by atoms with Gasteiger partial charge in [0.15, 0.2) is 5.96 Å². The molecule has 142 valence electrons. The van der Waals surface area contributed by atoms with Crippen molar-refractivity contribution in [3.05, 3.63) is 34.7 Å². The highest BCUT2D eigenvalue weighted by molar-refractivity contribution is 14.0. The number of hydrogen-bond acceptors (Lipinski definition) is 2. The lowest BCUT2D eigenvalue weighted by Crippen LogP contribution is -2.43. The highest BCUT2D eigenvalue weighted by Crippen LogP contribution is 2.40. The summed E-state index contributed by atoms with van der Waals surface area (Å²) in [4.78, 5) is 15.9. The van der Waals surface area contributed by atoms with E-state index in [2.05, 4.69) is 22.5 Å². The Morgan fingerprint density at radius 3 is 2.64 bits per heavy atom. The van der Waals surface area contributed by atoms with Crippen LogP contribution in [0.4, 0.5) is 0 Å². The van der Waals surface area contributed by atoms with E-state index in [4.69, 9.17) is 0 Å². The first-order valence-corrected chi connectivity index (χ1v) is 9.29. The van der Waals surface area contributed by atoms with Crippen LogP contribution in [-0.2, 0) is 6.54 Å². The van der Waals surface area contributed by atoms with E-state index in [1.165, 1.54) is 32.1 Å². The van der Waals surface area contributed by atoms with Gasteiger partial charge in [-0.3, -0.25) is 9.79 Å². The Balaban J connectivity index is 0.00000312. The number of nitrogens with one attached hydrogen (secondary N) is 2. The number of aliphatic imine (C=N–C) groups is 1. The van der Waals surface area contributed by atoms with E-state index in [1.807, 2.05) is 19.3 Å². The van der Waals surface area contributed by atoms with E-state index in [-0.39, 0.29) is 29.5 Å². The zero-order valence-corrected chi connectivity index (χ0v) is 17.9. The second-order valence-electron chi connectivity index (χ2n) is 6.85. The van der Waals surface area contributed by atoms with Gasteiger partial charge in [-0.1, -0.05) is 25.8 Å². The lowest BCUT2D eigenvalue weighted by atomic mass is 9.83. The van der Waals surface area contributed by atoms with Gasteiger partial charge in [-0.25, -0.2) is 0 Å². The van der Waals surface area contributed by atoms with Crippen molar-refractivity contribution in [2.24, 2.45) is 10.4 Å². The molecule has 1 saturated carbocycles. The summed E-state index contributed by atoms with van der Waals surface area (Å²) >= 11 is 0. The van der Waals surface area contributed by atoms with Crippen LogP contribution in [0.1, 0.15) is 51.9 Å². The van der Waals surface area contributed by atoms with Gasteiger partial charge in [0.25, 0.3) is 0 Å². The van der Waals surface area contributed by atoms with Crippen LogP contribution in [0.3, 0.4) is 0 Å². The Morgan fingerprint density at radius 2 is 2.00 bits per heavy atom. The minimum Gasteiger partial charge on any atom is -0.356 e. The number of pyridine rings is 1. The molecule has 2 rings (SSSR count). The summed E-state index contributed by atoms with van der Waals surface area (Å²) in [6, 6.07) is 5.29. The fourth-order valence-corrected chi connectivity index (χ4v) is 3.53. The molecular weight excluding hydrogens is 427 g/mol. The van der Waals surface area contributed by atoms with Gasteiger partial charge >= 0.3 is 0 Å². The molecular formula is C19H33IN4O. The van der Waals surface area contributed by atoms with Crippen molar-refractivity contribution in [3.8, 4) is 0 Å². The Morgan fingerprint density at radius 1 is 1.24 bits per heavy atom. The first kappa shape index (κ1) is 22.0. The first-order valence-electron chi connectivity index (χ1n) is 9.29. The topological polar surface area (TPSA) is 58.4 Å². The van der Waals surface area contributed by atoms with Crippen molar-refractivity contribution in [3.63, 3.8) is 0 Å². The summed E-state index contributed by atoms with van der Waals surface area (Å²) in [6.45, 7) is 4.96. The van der Waals surface area contributed by atoms with Gasteiger partial charge in [-0.05, 0) is 43.6 Å². The van der Waals surface area contributed by atoms with Gasteiger partial charge in [0.05, 0.1) is 0 Å². The van der Waals surface area contributed by atoms with Crippen molar-refractivity contribution < 1.29 is 0 Å². The molecule has 1 fully saturated rings. The third kappa shape index (κ3) is 6.99. The van der Waals surface area contributed by atoms with Crippen LogP contribution in [0.15, 0.2) is 34.2 Å². The molecule has 1 aliphatic rings. The Hall–Kier alpha value is -1.05. The smallest absolute Gasteiger partial charge is 0.250 e. The quantitative estimate of drug-likeness (QED) is 0.271. The molecule has 1 aromatic rings. The molecule has 0 spiro atoms. The lowest BCUT2D eigenvalue weighted by molar-refractivity contribution is 0.283. The van der Waals surface area contributed by atoms with Gasteiger partial charge in [0, 0.05) is 38.9 Å². The van der Waals surface area contributed by atoms with Gasteiger partial charge in [-0.15, -0.1) is 24.0 Å². The second-order valence-corrected chi connectivity index (χ2v) is 6.85. The fourth-order valence-electron chi connectivity index (χ4n) is 3.53. The summed E-state index contributed by atoms with van der Waals surface area (Å²) in [6.07, 6.45) is 10.5. The number of rotatable bonds is 8. The normalized spacial score (nSPS) is 16.3. The van der Waals surface area contributed by atoms with Gasteiger partial charge in [0.2, 0.25) is 5.56 Å². The predicted molar refractivity (Wildman–Crippen MR) is 116 cm³/mol. The summed E-state index contributed by atoms with van der Waals surface area (Å²) in [5, 5.41) is 6.89. The molecule has 0 unspecified atom stereocenters. The number of nitrogens with zero attached hydrogens (tertiary/aromatic N) is 2. The number of hydrogen-bond donors (Lipinski definition) is 2. The highest BCUT2D eigenvalue weighted by atomic mass is 127. The van der Waals surface area contributed by atoms with Gasteiger partial charge in [-0.2, -0.15) is 0 Å². The van der Waals surface area contributed by atoms with Crippen LogP contribution in [0.5, 0.6) is 0 Å².